The molecular weight excluding hydrogens is 694 g/mol. The molecule has 2 saturated heterocycles. The quantitative estimate of drug-likeness (QED) is 0.174. The molecular formula is C29H39N3O17S. The van der Waals surface area contributed by atoms with Crippen LogP contribution in [-0.2, 0) is 86.8 Å². The molecule has 50 heavy (non-hydrogen) atoms. The van der Waals surface area contributed by atoms with Crippen LogP contribution < -0.4 is 0 Å². The highest BCUT2D eigenvalue weighted by Crippen LogP contribution is 2.38. The van der Waals surface area contributed by atoms with E-state index in [9.17, 15) is 33.6 Å². The number of carbonyl (C=O) groups excluding carboxylic acids is 7. The Bertz CT molecular complexity index is 1380. The van der Waals surface area contributed by atoms with Crippen molar-refractivity contribution in [2.24, 2.45) is 0 Å². The van der Waals surface area contributed by atoms with Crippen molar-refractivity contribution in [3.63, 3.8) is 0 Å². The molecule has 0 amide bonds. The third-order valence-corrected chi connectivity index (χ3v) is 7.85. The van der Waals surface area contributed by atoms with Gasteiger partial charge in [-0.2, -0.15) is 0 Å². The zero-order chi connectivity index (χ0) is 37.1. The molecule has 2 fully saturated rings. The lowest BCUT2D eigenvalue weighted by molar-refractivity contribution is -0.341. The maximum absolute atomic E-state index is 12.5. The third kappa shape index (κ3) is 11.9. The first-order valence-corrected chi connectivity index (χ1v) is 16.2. The molecule has 1 aromatic rings. The lowest BCUT2D eigenvalue weighted by atomic mass is 9.96. The highest BCUT2D eigenvalue weighted by atomic mass is 32.2. The first-order valence-electron chi connectivity index (χ1n) is 15.1. The second-order valence-corrected chi connectivity index (χ2v) is 12.0. The van der Waals surface area contributed by atoms with Crippen LogP contribution in [0.5, 0.6) is 0 Å². The summed E-state index contributed by atoms with van der Waals surface area (Å²) in [5, 5.41) is 7.63. The number of nitrogens with zero attached hydrogens (tertiary/aromatic N) is 3. The zero-order valence-electron chi connectivity index (χ0n) is 28.2. The van der Waals surface area contributed by atoms with E-state index in [0.29, 0.717) is 0 Å². The van der Waals surface area contributed by atoms with E-state index in [1.165, 1.54) is 10.9 Å². The Labute approximate surface area is 289 Å². The van der Waals surface area contributed by atoms with Crippen LogP contribution in [0.15, 0.2) is 12.4 Å². The molecule has 21 heteroatoms. The maximum atomic E-state index is 12.5. The Kier molecular flexibility index (Phi) is 14.9. The predicted molar refractivity (Wildman–Crippen MR) is 161 cm³/mol. The van der Waals surface area contributed by atoms with Crippen molar-refractivity contribution in [1.82, 2.24) is 15.0 Å². The van der Waals surface area contributed by atoms with Crippen LogP contribution in [0.4, 0.5) is 0 Å². The van der Waals surface area contributed by atoms with Crippen molar-refractivity contribution in [2.75, 3.05) is 13.2 Å². The molecule has 3 heterocycles. The highest BCUT2D eigenvalue weighted by molar-refractivity contribution is 7.98. The molecule has 0 aliphatic carbocycles. The minimum Gasteiger partial charge on any atom is -0.463 e. The second kappa shape index (κ2) is 18.6. The number of thioether (sulfide) groups is 1. The summed E-state index contributed by atoms with van der Waals surface area (Å²) in [6.07, 6.45) is -10.6. The lowest BCUT2D eigenvalue weighted by Crippen LogP contribution is -2.66. The molecule has 0 saturated carbocycles. The average Bonchev–Trinajstić information content (AvgIpc) is 3.52. The SMILES string of the molecule is CC(=O)OC[C@H]1O[C@@H](SCn2ccnn2)[C@H](OC(C)=O)[C@@H](OC(C)=O)[C@@H]1O[C@@H]1O[C@H](COC(C)=O)[C@@H](OC(C)=O)[C@H](OC(C)=O)[C@H]1OC(C)=O. The molecule has 278 valence electrons. The Morgan fingerprint density at radius 3 is 1.54 bits per heavy atom. The zero-order valence-corrected chi connectivity index (χ0v) is 29.1. The average molecular weight is 734 g/mol. The summed E-state index contributed by atoms with van der Waals surface area (Å²) < 4.78 is 58.0. The molecule has 2 aliphatic rings. The monoisotopic (exact) mass is 733 g/mol. The van der Waals surface area contributed by atoms with E-state index in [1.54, 1.807) is 6.20 Å². The molecule has 0 aromatic carbocycles. The van der Waals surface area contributed by atoms with Crippen LogP contribution in [0.1, 0.15) is 48.5 Å². The van der Waals surface area contributed by atoms with Crippen molar-refractivity contribution in [3.8, 4) is 0 Å². The number of aromatic nitrogens is 3. The normalized spacial score (nSPS) is 29.1. The van der Waals surface area contributed by atoms with Crippen LogP contribution in [0.3, 0.4) is 0 Å². The molecule has 0 bridgehead atoms. The van der Waals surface area contributed by atoms with Gasteiger partial charge in [0, 0.05) is 54.7 Å². The standard InChI is InChI=1S/C29H39N3O17S/c1-13(33)40-10-20-22(42-15(3)35)24(43-16(4)36)26(45-18(6)38)28(47-20)49-23-21(11-41-14(2)34)48-29(50-12-32-9-8-30-31-32)27(46-19(7)39)25(23)44-17(5)37/h8-9,20-29H,10-12H2,1-7H3/t20-,21-,22-,23-,24+,25+,26-,27-,28+,29+/m1/s1. The number of hydrogen-bond donors (Lipinski definition) is 0. The summed E-state index contributed by atoms with van der Waals surface area (Å²) in [6, 6.07) is 0. The molecule has 0 spiro atoms. The van der Waals surface area contributed by atoms with Crippen molar-refractivity contribution < 1.29 is 80.9 Å². The lowest BCUT2D eigenvalue weighted by Gasteiger charge is -2.48. The van der Waals surface area contributed by atoms with E-state index in [1.807, 2.05) is 0 Å². The molecule has 0 radical (unpaired) electrons. The van der Waals surface area contributed by atoms with Gasteiger partial charge in [0.25, 0.3) is 0 Å². The van der Waals surface area contributed by atoms with E-state index in [4.69, 9.17) is 47.4 Å². The predicted octanol–water partition coefficient (Wildman–Crippen LogP) is -0.411. The van der Waals surface area contributed by atoms with Crippen LogP contribution >= 0.6 is 11.8 Å². The van der Waals surface area contributed by atoms with Gasteiger partial charge < -0.3 is 47.4 Å². The Morgan fingerprint density at radius 1 is 0.600 bits per heavy atom. The number of ether oxygens (including phenoxy) is 10. The summed E-state index contributed by atoms with van der Waals surface area (Å²) in [5.74, 6) is -5.58. The molecule has 0 N–H and O–H groups in total. The highest BCUT2D eigenvalue weighted by Gasteiger charge is 2.57. The molecule has 3 rings (SSSR count). The maximum Gasteiger partial charge on any atom is 0.303 e. The number of hydrogen-bond acceptors (Lipinski definition) is 20. The Morgan fingerprint density at radius 2 is 1.06 bits per heavy atom. The van der Waals surface area contributed by atoms with Gasteiger partial charge in [-0.05, 0) is 0 Å². The minimum absolute atomic E-state index is 0.126. The molecule has 0 unspecified atom stereocenters. The first kappa shape index (κ1) is 40.1. The number of carbonyl (C=O) groups is 7. The number of rotatable bonds is 14. The fourth-order valence-corrected chi connectivity index (χ4v) is 6.12. The summed E-state index contributed by atoms with van der Waals surface area (Å²) in [5.41, 5.74) is -1.08. The van der Waals surface area contributed by atoms with Gasteiger partial charge in [0.15, 0.2) is 36.8 Å². The van der Waals surface area contributed by atoms with Gasteiger partial charge in [0.2, 0.25) is 0 Å². The van der Waals surface area contributed by atoms with Gasteiger partial charge in [-0.25, -0.2) is 4.68 Å². The van der Waals surface area contributed by atoms with E-state index >= 15 is 0 Å². The van der Waals surface area contributed by atoms with Crippen molar-refractivity contribution in [1.29, 1.82) is 0 Å². The topological polar surface area (TPSA) is 242 Å². The van der Waals surface area contributed by atoms with Crippen LogP contribution in [0.2, 0.25) is 0 Å². The van der Waals surface area contributed by atoms with Crippen LogP contribution in [0, 0.1) is 0 Å². The molecule has 20 nitrogen and oxygen atoms in total. The van der Waals surface area contributed by atoms with E-state index in [0.717, 1.165) is 60.2 Å². The van der Waals surface area contributed by atoms with Crippen LogP contribution in [0.25, 0.3) is 0 Å². The Balaban J connectivity index is 2.13. The fourth-order valence-electron chi connectivity index (χ4n) is 5.06. The van der Waals surface area contributed by atoms with Crippen LogP contribution in [-0.4, -0.2) is 131 Å². The van der Waals surface area contributed by atoms with Gasteiger partial charge in [-0.1, -0.05) is 5.21 Å². The van der Waals surface area contributed by atoms with Crippen molar-refractivity contribution in [2.45, 2.75) is 115 Å². The Hall–Kier alpha value is -4.34. The largest absolute Gasteiger partial charge is 0.463 e. The first-order chi connectivity index (χ1) is 23.5. The minimum atomic E-state index is -1.76. The number of esters is 7. The van der Waals surface area contributed by atoms with Gasteiger partial charge in [0.1, 0.15) is 37.0 Å². The summed E-state index contributed by atoms with van der Waals surface area (Å²) in [6.45, 7) is 6.55. The summed E-state index contributed by atoms with van der Waals surface area (Å²) in [4.78, 5) is 85.3. The fraction of sp³-hybridized carbons (Fsp3) is 0.690. The molecule has 2 aliphatic heterocycles. The summed E-state index contributed by atoms with van der Waals surface area (Å²) >= 11 is 1.07. The smallest absolute Gasteiger partial charge is 0.303 e. The van der Waals surface area contributed by atoms with Crippen molar-refractivity contribution >= 4 is 53.5 Å². The van der Waals surface area contributed by atoms with E-state index in [-0.39, 0.29) is 5.88 Å². The van der Waals surface area contributed by atoms with Gasteiger partial charge >= 0.3 is 41.8 Å². The van der Waals surface area contributed by atoms with Crippen molar-refractivity contribution in [3.05, 3.63) is 12.4 Å². The summed E-state index contributed by atoms with van der Waals surface area (Å²) in [7, 11) is 0. The van der Waals surface area contributed by atoms with Gasteiger partial charge in [-0.3, -0.25) is 33.6 Å². The third-order valence-electron chi connectivity index (χ3n) is 6.73. The second-order valence-electron chi connectivity index (χ2n) is 10.9. The van der Waals surface area contributed by atoms with Gasteiger partial charge in [0.05, 0.1) is 12.1 Å². The molecule has 10 atom stereocenters. The van der Waals surface area contributed by atoms with E-state index < -0.39 is 116 Å². The van der Waals surface area contributed by atoms with E-state index in [2.05, 4.69) is 10.3 Å². The molecule has 1 aromatic heterocycles. The van der Waals surface area contributed by atoms with Gasteiger partial charge in [-0.15, -0.1) is 16.9 Å².